The van der Waals surface area contributed by atoms with Crippen LogP contribution in [0.5, 0.6) is 0 Å². The van der Waals surface area contributed by atoms with Crippen LogP contribution in [0.4, 0.5) is 18.9 Å². The lowest BCUT2D eigenvalue weighted by atomic mass is 10.2. The van der Waals surface area contributed by atoms with Crippen LogP contribution in [0.2, 0.25) is 0 Å². The SMILES string of the molecule is CCOC(=O)/C(C#N)=C/NNc1ccccc1C(F)(F)F. The lowest BCUT2D eigenvalue weighted by molar-refractivity contribution is -0.138. The minimum absolute atomic E-state index is 0.0855. The van der Waals surface area contributed by atoms with E-state index in [-0.39, 0.29) is 17.9 Å². The first-order valence-electron chi connectivity index (χ1n) is 5.85. The standard InChI is InChI=1S/C13H12F3N3O2/c1-2-21-12(20)9(7-17)8-18-19-11-6-4-3-5-10(11)13(14,15)16/h3-6,8,18-19H,2H2,1H3/b9-8+. The molecule has 1 aromatic carbocycles. The second kappa shape index (κ2) is 7.19. The zero-order valence-electron chi connectivity index (χ0n) is 11.0. The third-order valence-electron chi connectivity index (χ3n) is 2.27. The van der Waals surface area contributed by atoms with Crippen molar-refractivity contribution in [3.63, 3.8) is 0 Å². The van der Waals surface area contributed by atoms with E-state index in [0.717, 1.165) is 12.3 Å². The molecule has 0 aliphatic carbocycles. The summed E-state index contributed by atoms with van der Waals surface area (Å²) in [6.07, 6.45) is -3.58. The number of alkyl halides is 3. The number of nitrogens with zero attached hydrogens (tertiary/aromatic N) is 1. The van der Waals surface area contributed by atoms with Gasteiger partial charge in [-0.2, -0.15) is 18.4 Å². The molecule has 5 nitrogen and oxygen atoms in total. The van der Waals surface area contributed by atoms with Gasteiger partial charge < -0.3 is 15.6 Å². The van der Waals surface area contributed by atoms with E-state index >= 15 is 0 Å². The molecule has 2 N–H and O–H groups in total. The van der Waals surface area contributed by atoms with Gasteiger partial charge >= 0.3 is 12.1 Å². The van der Waals surface area contributed by atoms with Crippen LogP contribution in [0.25, 0.3) is 0 Å². The van der Waals surface area contributed by atoms with Gasteiger partial charge in [-0.15, -0.1) is 0 Å². The van der Waals surface area contributed by atoms with Crippen molar-refractivity contribution in [1.82, 2.24) is 5.43 Å². The number of ether oxygens (including phenoxy) is 1. The van der Waals surface area contributed by atoms with E-state index in [1.54, 1.807) is 13.0 Å². The van der Waals surface area contributed by atoms with Crippen molar-refractivity contribution in [1.29, 1.82) is 5.26 Å². The number of carbonyl (C=O) groups is 1. The third-order valence-corrected chi connectivity index (χ3v) is 2.27. The Hall–Kier alpha value is -2.69. The summed E-state index contributed by atoms with van der Waals surface area (Å²) in [6, 6.07) is 6.36. The lowest BCUT2D eigenvalue weighted by Crippen LogP contribution is -2.20. The molecule has 0 heterocycles. The molecule has 0 aliphatic heterocycles. The number of benzene rings is 1. The monoisotopic (exact) mass is 299 g/mol. The maximum absolute atomic E-state index is 12.7. The first-order valence-corrected chi connectivity index (χ1v) is 5.85. The van der Waals surface area contributed by atoms with Gasteiger partial charge in [-0.3, -0.25) is 0 Å². The molecule has 0 bridgehead atoms. The van der Waals surface area contributed by atoms with Crippen LogP contribution >= 0.6 is 0 Å². The van der Waals surface area contributed by atoms with Crippen LogP contribution in [0.3, 0.4) is 0 Å². The molecule has 21 heavy (non-hydrogen) atoms. The van der Waals surface area contributed by atoms with Crippen LogP contribution in [0, 0.1) is 11.3 Å². The Bertz CT molecular complexity index is 577. The molecule has 1 aromatic rings. The molecule has 0 aliphatic rings. The minimum atomic E-state index is -4.52. The first kappa shape index (κ1) is 16.4. The molecule has 8 heteroatoms. The molecule has 0 radical (unpaired) electrons. The van der Waals surface area contributed by atoms with Crippen molar-refractivity contribution in [3.8, 4) is 6.07 Å². The highest BCUT2D eigenvalue weighted by Gasteiger charge is 2.33. The van der Waals surface area contributed by atoms with Crippen molar-refractivity contribution in [2.45, 2.75) is 13.1 Å². The van der Waals surface area contributed by atoms with Crippen molar-refractivity contribution in [3.05, 3.63) is 41.6 Å². The van der Waals surface area contributed by atoms with E-state index in [2.05, 4.69) is 15.6 Å². The smallest absolute Gasteiger partial charge is 0.418 e. The molecule has 0 fully saturated rings. The fourth-order valence-corrected chi connectivity index (χ4v) is 1.37. The summed E-state index contributed by atoms with van der Waals surface area (Å²) < 4.78 is 42.8. The van der Waals surface area contributed by atoms with Gasteiger partial charge in [0, 0.05) is 6.20 Å². The summed E-state index contributed by atoms with van der Waals surface area (Å²) in [6.45, 7) is 1.65. The summed E-state index contributed by atoms with van der Waals surface area (Å²) in [5.41, 5.74) is 3.07. The van der Waals surface area contributed by atoms with Gasteiger partial charge in [-0.25, -0.2) is 4.79 Å². The van der Waals surface area contributed by atoms with Gasteiger partial charge in [0.05, 0.1) is 17.9 Å². The number of hydrogen-bond donors (Lipinski definition) is 2. The maximum Gasteiger partial charge on any atom is 0.418 e. The Morgan fingerprint density at radius 3 is 2.67 bits per heavy atom. The molecule has 0 aromatic heterocycles. The predicted octanol–water partition coefficient (Wildman–Crippen LogP) is 2.59. The van der Waals surface area contributed by atoms with E-state index in [0.29, 0.717) is 0 Å². The van der Waals surface area contributed by atoms with Crippen LogP contribution in [-0.2, 0) is 15.7 Å². The number of nitriles is 1. The first-order chi connectivity index (χ1) is 9.90. The summed E-state index contributed by atoms with van der Waals surface area (Å²) in [5.74, 6) is -0.863. The molecule has 0 spiro atoms. The highest BCUT2D eigenvalue weighted by atomic mass is 19.4. The normalized spacial score (nSPS) is 11.5. The number of esters is 1. The van der Waals surface area contributed by atoms with Gasteiger partial charge in [-0.1, -0.05) is 12.1 Å². The average molecular weight is 299 g/mol. The number of halogens is 3. The lowest BCUT2D eigenvalue weighted by Gasteiger charge is -2.14. The van der Waals surface area contributed by atoms with E-state index < -0.39 is 17.7 Å². The Labute approximate surface area is 119 Å². The van der Waals surface area contributed by atoms with Gasteiger partial charge in [0.1, 0.15) is 6.07 Å². The van der Waals surface area contributed by atoms with Gasteiger partial charge in [0.15, 0.2) is 5.57 Å². The molecular formula is C13H12F3N3O2. The summed E-state index contributed by atoms with van der Waals surface area (Å²) in [7, 11) is 0. The number of carbonyl (C=O) groups excluding carboxylic acids is 1. The molecule has 0 unspecified atom stereocenters. The molecule has 0 amide bonds. The Balaban J connectivity index is 2.81. The number of rotatable bonds is 5. The van der Waals surface area contributed by atoms with Crippen LogP contribution < -0.4 is 10.9 Å². The van der Waals surface area contributed by atoms with Gasteiger partial charge in [0.25, 0.3) is 0 Å². The topological polar surface area (TPSA) is 74.2 Å². The van der Waals surface area contributed by atoms with E-state index in [4.69, 9.17) is 5.26 Å². The molecule has 0 atom stereocenters. The quantitative estimate of drug-likeness (QED) is 0.378. The Morgan fingerprint density at radius 2 is 2.10 bits per heavy atom. The Morgan fingerprint density at radius 1 is 1.43 bits per heavy atom. The fourth-order valence-electron chi connectivity index (χ4n) is 1.37. The minimum Gasteiger partial charge on any atom is -0.462 e. The summed E-state index contributed by atoms with van der Waals surface area (Å²) >= 11 is 0. The number of hydrogen-bond acceptors (Lipinski definition) is 5. The number of anilines is 1. The molecular weight excluding hydrogens is 287 g/mol. The highest BCUT2D eigenvalue weighted by Crippen LogP contribution is 2.34. The fraction of sp³-hybridized carbons (Fsp3) is 0.231. The molecule has 0 saturated carbocycles. The van der Waals surface area contributed by atoms with E-state index in [9.17, 15) is 18.0 Å². The van der Waals surface area contributed by atoms with Crippen LogP contribution in [-0.4, -0.2) is 12.6 Å². The highest BCUT2D eigenvalue weighted by molar-refractivity contribution is 5.92. The van der Waals surface area contributed by atoms with Crippen molar-refractivity contribution in [2.24, 2.45) is 0 Å². The average Bonchev–Trinajstić information content (AvgIpc) is 2.43. The van der Waals surface area contributed by atoms with E-state index in [1.807, 2.05) is 0 Å². The van der Waals surface area contributed by atoms with E-state index in [1.165, 1.54) is 18.2 Å². The van der Waals surface area contributed by atoms with Crippen LogP contribution in [0.15, 0.2) is 36.0 Å². The largest absolute Gasteiger partial charge is 0.462 e. The number of para-hydroxylation sites is 1. The number of nitrogens with one attached hydrogen (secondary N) is 2. The van der Waals surface area contributed by atoms with Crippen molar-refractivity contribution >= 4 is 11.7 Å². The Kier molecular flexibility index (Phi) is 5.60. The molecule has 1 rings (SSSR count). The van der Waals surface area contributed by atoms with Crippen LogP contribution in [0.1, 0.15) is 12.5 Å². The second-order valence-corrected chi connectivity index (χ2v) is 3.70. The zero-order chi connectivity index (χ0) is 15.9. The molecule has 112 valence electrons. The number of hydrazine groups is 1. The summed E-state index contributed by atoms with van der Waals surface area (Å²) in [4.78, 5) is 11.3. The van der Waals surface area contributed by atoms with Gasteiger partial charge in [-0.05, 0) is 19.1 Å². The predicted molar refractivity (Wildman–Crippen MR) is 68.5 cm³/mol. The zero-order valence-corrected chi connectivity index (χ0v) is 11.0. The molecule has 0 saturated heterocycles. The second-order valence-electron chi connectivity index (χ2n) is 3.70. The third kappa shape index (κ3) is 4.72. The van der Waals surface area contributed by atoms with Crippen molar-refractivity contribution < 1.29 is 22.7 Å². The van der Waals surface area contributed by atoms with Gasteiger partial charge in [0.2, 0.25) is 0 Å². The maximum atomic E-state index is 12.7. The summed E-state index contributed by atoms with van der Waals surface area (Å²) in [5, 5.41) is 8.74. The van der Waals surface area contributed by atoms with Crippen molar-refractivity contribution in [2.75, 3.05) is 12.0 Å².